The van der Waals surface area contributed by atoms with E-state index in [0.717, 1.165) is 35.6 Å². The number of carboxylic acids is 1. The molecule has 0 bridgehead atoms. The molecule has 0 heterocycles. The summed E-state index contributed by atoms with van der Waals surface area (Å²) in [6, 6.07) is 16.0. The molecule has 0 saturated heterocycles. The number of unbranched alkanes of at least 4 members (excludes halogenated alkanes) is 2. The molecule has 24 heavy (non-hydrogen) atoms. The molecule has 0 aliphatic carbocycles. The smallest absolute Gasteiger partial charge is 0.316 e. The van der Waals surface area contributed by atoms with Crippen LogP contribution in [0.1, 0.15) is 36.8 Å². The van der Waals surface area contributed by atoms with Crippen molar-refractivity contribution in [3.63, 3.8) is 0 Å². The van der Waals surface area contributed by atoms with E-state index < -0.39 is 5.97 Å². The lowest BCUT2D eigenvalue weighted by Crippen LogP contribution is -2.16. The van der Waals surface area contributed by atoms with E-state index in [1.807, 2.05) is 43.3 Å². The van der Waals surface area contributed by atoms with Gasteiger partial charge in [-0.1, -0.05) is 54.3 Å². The first kappa shape index (κ1) is 18.9. The number of aryl methyl sites for hydroxylation is 2. The van der Waals surface area contributed by atoms with Gasteiger partial charge in [-0.2, -0.15) is 0 Å². The number of hydrogen-bond acceptors (Lipinski definition) is 2. The van der Waals surface area contributed by atoms with E-state index >= 15 is 0 Å². The third-order valence-corrected chi connectivity index (χ3v) is 5.44. The number of halogens is 1. The Kier molecular flexibility index (Phi) is 7.67. The fraction of sp³-hybridized carbons (Fsp3) is 0.350. The number of thioether (sulfide) groups is 1. The summed E-state index contributed by atoms with van der Waals surface area (Å²) in [5.74, 6) is -0.724. The second-order valence-electron chi connectivity index (χ2n) is 5.98. The van der Waals surface area contributed by atoms with Gasteiger partial charge in [-0.15, -0.1) is 11.8 Å². The van der Waals surface area contributed by atoms with Crippen molar-refractivity contribution in [2.24, 2.45) is 0 Å². The number of rotatable bonds is 9. The molecule has 1 atom stereocenters. The lowest BCUT2D eigenvalue weighted by molar-refractivity contribution is -0.136. The van der Waals surface area contributed by atoms with Crippen LogP contribution in [0, 0.1) is 6.92 Å². The summed E-state index contributed by atoms with van der Waals surface area (Å²) in [4.78, 5) is 12.5. The van der Waals surface area contributed by atoms with E-state index in [1.165, 1.54) is 22.9 Å². The predicted molar refractivity (Wildman–Crippen MR) is 102 cm³/mol. The van der Waals surface area contributed by atoms with Crippen molar-refractivity contribution in [2.45, 2.75) is 49.2 Å². The molecule has 0 radical (unpaired) electrons. The molecule has 0 aliphatic heterocycles. The van der Waals surface area contributed by atoms with E-state index in [9.17, 15) is 9.90 Å². The average Bonchev–Trinajstić information content (AvgIpc) is 2.57. The molecule has 0 fully saturated rings. The molecule has 0 aliphatic rings. The average molecular weight is 363 g/mol. The summed E-state index contributed by atoms with van der Waals surface area (Å²) in [6.07, 6.45) is 4.77. The molecule has 2 aromatic carbocycles. The van der Waals surface area contributed by atoms with Crippen LogP contribution in [0.4, 0.5) is 0 Å². The van der Waals surface area contributed by atoms with Crippen molar-refractivity contribution in [2.75, 3.05) is 0 Å². The molecule has 0 spiro atoms. The molecule has 0 saturated carbocycles. The standard InChI is InChI=1S/C20H23ClO2S/c1-15-7-13-18(14-8-15)24-19(20(22)23)6-4-2-3-5-16-9-11-17(21)12-10-16/h7-14,19H,2-6H2,1H3,(H,22,23). The lowest BCUT2D eigenvalue weighted by atomic mass is 10.1. The molecule has 2 nitrogen and oxygen atoms in total. The summed E-state index contributed by atoms with van der Waals surface area (Å²) in [7, 11) is 0. The van der Waals surface area contributed by atoms with Crippen molar-refractivity contribution in [1.82, 2.24) is 0 Å². The maximum atomic E-state index is 11.5. The molecule has 1 N–H and O–H groups in total. The summed E-state index contributed by atoms with van der Waals surface area (Å²) in [5, 5.41) is 9.80. The first-order valence-corrected chi connectivity index (χ1v) is 9.51. The zero-order valence-corrected chi connectivity index (χ0v) is 15.4. The highest BCUT2D eigenvalue weighted by Gasteiger charge is 2.18. The number of hydrogen-bond donors (Lipinski definition) is 1. The van der Waals surface area contributed by atoms with Crippen molar-refractivity contribution in [3.8, 4) is 0 Å². The van der Waals surface area contributed by atoms with E-state index in [1.54, 1.807) is 0 Å². The van der Waals surface area contributed by atoms with Crippen LogP contribution in [-0.2, 0) is 11.2 Å². The van der Waals surface area contributed by atoms with Crippen molar-refractivity contribution in [3.05, 3.63) is 64.7 Å². The van der Waals surface area contributed by atoms with Gasteiger partial charge in [-0.3, -0.25) is 4.79 Å². The normalized spacial score (nSPS) is 12.1. The van der Waals surface area contributed by atoms with Gasteiger partial charge in [-0.05, 0) is 56.0 Å². The van der Waals surface area contributed by atoms with Crippen molar-refractivity contribution < 1.29 is 9.90 Å². The molecule has 4 heteroatoms. The Labute approximate surface area is 153 Å². The minimum atomic E-state index is -0.724. The second-order valence-corrected chi connectivity index (χ2v) is 7.70. The monoisotopic (exact) mass is 362 g/mol. The lowest BCUT2D eigenvalue weighted by Gasteiger charge is -2.12. The van der Waals surface area contributed by atoms with Gasteiger partial charge in [0.15, 0.2) is 0 Å². The Hall–Kier alpha value is -1.45. The highest BCUT2D eigenvalue weighted by Crippen LogP contribution is 2.27. The van der Waals surface area contributed by atoms with E-state index in [4.69, 9.17) is 11.6 Å². The summed E-state index contributed by atoms with van der Waals surface area (Å²) < 4.78 is 0. The van der Waals surface area contributed by atoms with E-state index in [0.29, 0.717) is 6.42 Å². The maximum absolute atomic E-state index is 11.5. The molecule has 0 amide bonds. The van der Waals surface area contributed by atoms with Crippen LogP contribution in [-0.4, -0.2) is 16.3 Å². The highest BCUT2D eigenvalue weighted by molar-refractivity contribution is 8.00. The van der Waals surface area contributed by atoms with Crippen LogP contribution in [0.15, 0.2) is 53.4 Å². The molecule has 0 aromatic heterocycles. The minimum absolute atomic E-state index is 0.372. The molecule has 2 aromatic rings. The Morgan fingerprint density at radius 1 is 1.04 bits per heavy atom. The van der Waals surface area contributed by atoms with Gasteiger partial charge >= 0.3 is 5.97 Å². The summed E-state index contributed by atoms with van der Waals surface area (Å²) in [6.45, 7) is 2.03. The number of benzene rings is 2. The Morgan fingerprint density at radius 2 is 1.71 bits per heavy atom. The van der Waals surface area contributed by atoms with E-state index in [-0.39, 0.29) is 5.25 Å². The van der Waals surface area contributed by atoms with Crippen LogP contribution < -0.4 is 0 Å². The minimum Gasteiger partial charge on any atom is -0.480 e. The molecular formula is C20H23ClO2S. The molecule has 1 unspecified atom stereocenters. The second kappa shape index (κ2) is 9.75. The Balaban J connectivity index is 1.72. The fourth-order valence-electron chi connectivity index (χ4n) is 2.50. The van der Waals surface area contributed by atoms with Crippen molar-refractivity contribution in [1.29, 1.82) is 0 Å². The molecule has 128 valence electrons. The van der Waals surface area contributed by atoms with Crippen LogP contribution in [0.25, 0.3) is 0 Å². The summed E-state index contributed by atoms with van der Waals surface area (Å²) >= 11 is 7.32. The quantitative estimate of drug-likeness (QED) is 0.439. The predicted octanol–water partition coefficient (Wildman–Crippen LogP) is 6.00. The first-order chi connectivity index (χ1) is 11.5. The van der Waals surface area contributed by atoms with E-state index in [2.05, 4.69) is 12.1 Å². The zero-order valence-electron chi connectivity index (χ0n) is 13.9. The third kappa shape index (κ3) is 6.58. The Morgan fingerprint density at radius 3 is 2.33 bits per heavy atom. The van der Waals surface area contributed by atoms with Gasteiger partial charge < -0.3 is 5.11 Å². The summed E-state index contributed by atoms with van der Waals surface area (Å²) in [5.41, 5.74) is 2.47. The van der Waals surface area contributed by atoms with Crippen LogP contribution in [0.2, 0.25) is 5.02 Å². The number of carboxylic acid groups (broad SMARTS) is 1. The topological polar surface area (TPSA) is 37.3 Å². The van der Waals surface area contributed by atoms with Gasteiger partial charge in [0.05, 0.1) is 0 Å². The number of aliphatic carboxylic acids is 1. The van der Waals surface area contributed by atoms with Gasteiger partial charge in [0.1, 0.15) is 5.25 Å². The van der Waals surface area contributed by atoms with Gasteiger partial charge in [-0.25, -0.2) is 0 Å². The molecule has 2 rings (SSSR count). The Bertz CT molecular complexity index is 638. The zero-order chi connectivity index (χ0) is 17.4. The highest BCUT2D eigenvalue weighted by atomic mass is 35.5. The van der Waals surface area contributed by atoms with Gasteiger partial charge in [0, 0.05) is 9.92 Å². The number of carbonyl (C=O) groups is 1. The van der Waals surface area contributed by atoms with Crippen molar-refractivity contribution >= 4 is 29.3 Å². The molecular weight excluding hydrogens is 340 g/mol. The third-order valence-electron chi connectivity index (χ3n) is 3.92. The largest absolute Gasteiger partial charge is 0.480 e. The van der Waals surface area contributed by atoms with Crippen LogP contribution in [0.5, 0.6) is 0 Å². The van der Waals surface area contributed by atoms with Crippen LogP contribution >= 0.6 is 23.4 Å². The SMILES string of the molecule is Cc1ccc(SC(CCCCCc2ccc(Cl)cc2)C(=O)O)cc1. The van der Waals surface area contributed by atoms with Gasteiger partial charge in [0.2, 0.25) is 0 Å². The van der Waals surface area contributed by atoms with Gasteiger partial charge in [0.25, 0.3) is 0 Å². The van der Waals surface area contributed by atoms with Crippen LogP contribution in [0.3, 0.4) is 0 Å². The maximum Gasteiger partial charge on any atom is 0.316 e. The first-order valence-electron chi connectivity index (χ1n) is 8.25. The fourth-order valence-corrected chi connectivity index (χ4v) is 3.63.